The molecule has 3 nitrogen and oxygen atoms in total. The van der Waals surface area contributed by atoms with Crippen LogP contribution in [-0.2, 0) is 11.2 Å². The van der Waals surface area contributed by atoms with Crippen LogP contribution in [0.1, 0.15) is 28.4 Å². The Morgan fingerprint density at radius 3 is 2.58 bits per heavy atom. The Kier molecular flexibility index (Phi) is 4.62. The molecule has 0 unspecified atom stereocenters. The molecular formula is C21H17NO2. The zero-order valence-electron chi connectivity index (χ0n) is 13.4. The molecule has 1 aromatic heterocycles. The highest BCUT2D eigenvalue weighted by Crippen LogP contribution is 2.16. The number of rotatable bonds is 5. The number of pyridine rings is 1. The van der Waals surface area contributed by atoms with Crippen LogP contribution >= 0.6 is 0 Å². The minimum absolute atomic E-state index is 0.000877. The van der Waals surface area contributed by atoms with E-state index in [1.54, 1.807) is 24.4 Å². The molecule has 24 heavy (non-hydrogen) atoms. The van der Waals surface area contributed by atoms with Gasteiger partial charge in [-0.2, -0.15) is 0 Å². The normalized spacial score (nSPS) is 11.0. The van der Waals surface area contributed by atoms with E-state index >= 15 is 0 Å². The van der Waals surface area contributed by atoms with Crippen molar-refractivity contribution in [2.45, 2.75) is 13.3 Å². The molecule has 0 saturated heterocycles. The van der Waals surface area contributed by atoms with E-state index in [2.05, 4.69) is 4.98 Å². The van der Waals surface area contributed by atoms with Gasteiger partial charge in [-0.25, -0.2) is 0 Å². The molecule has 3 rings (SSSR count). The molecule has 0 amide bonds. The van der Waals surface area contributed by atoms with Crippen molar-refractivity contribution in [2.24, 2.45) is 0 Å². The quantitative estimate of drug-likeness (QED) is 0.522. The third-order valence-electron chi connectivity index (χ3n) is 3.78. The molecule has 118 valence electrons. The predicted octanol–water partition coefficient (Wildman–Crippen LogP) is 4.26. The number of nitrogens with zero attached hydrogens (tertiary/aromatic N) is 1. The molecule has 0 fully saturated rings. The van der Waals surface area contributed by atoms with Crippen molar-refractivity contribution in [3.63, 3.8) is 0 Å². The van der Waals surface area contributed by atoms with Crippen molar-refractivity contribution in [2.75, 3.05) is 0 Å². The van der Waals surface area contributed by atoms with Gasteiger partial charge in [0.2, 0.25) is 0 Å². The highest BCUT2D eigenvalue weighted by molar-refractivity contribution is 5.98. The fourth-order valence-corrected chi connectivity index (χ4v) is 2.52. The van der Waals surface area contributed by atoms with Crippen molar-refractivity contribution in [3.8, 4) is 0 Å². The molecule has 0 saturated carbocycles. The number of carbonyl (C=O) groups is 2. The van der Waals surface area contributed by atoms with E-state index in [4.69, 9.17) is 0 Å². The monoisotopic (exact) mass is 315 g/mol. The molecule has 3 heteroatoms. The molecule has 0 N–H and O–H groups in total. The second-order valence-electron chi connectivity index (χ2n) is 5.70. The standard InChI is InChI=1S/C21H17NO2/c1-15(23)4-5-16-6-9-18(10-7-16)21(24)14-17-8-11-20-19(13-17)3-2-12-22-20/h2-13H,14H2,1H3/b5-4+. The summed E-state index contributed by atoms with van der Waals surface area (Å²) in [4.78, 5) is 27.7. The Morgan fingerprint density at radius 2 is 1.83 bits per heavy atom. The van der Waals surface area contributed by atoms with Crippen molar-refractivity contribution in [1.29, 1.82) is 0 Å². The smallest absolute Gasteiger partial charge is 0.167 e. The van der Waals surface area contributed by atoms with Crippen molar-refractivity contribution in [3.05, 3.63) is 83.6 Å². The maximum absolute atomic E-state index is 12.4. The van der Waals surface area contributed by atoms with Gasteiger partial charge in [0.25, 0.3) is 0 Å². The summed E-state index contributed by atoms with van der Waals surface area (Å²) in [6.07, 6.45) is 5.37. The van der Waals surface area contributed by atoms with E-state index in [-0.39, 0.29) is 11.6 Å². The molecule has 0 aliphatic rings. The molecule has 0 aliphatic carbocycles. The molecule has 3 aromatic rings. The van der Waals surface area contributed by atoms with E-state index in [0.717, 1.165) is 22.0 Å². The third-order valence-corrected chi connectivity index (χ3v) is 3.78. The maximum Gasteiger partial charge on any atom is 0.167 e. The number of hydrogen-bond donors (Lipinski definition) is 0. The highest BCUT2D eigenvalue weighted by Gasteiger charge is 2.07. The number of ketones is 2. The van der Waals surface area contributed by atoms with Gasteiger partial charge in [0.1, 0.15) is 0 Å². The van der Waals surface area contributed by atoms with Crippen molar-refractivity contribution in [1.82, 2.24) is 4.98 Å². The first-order chi connectivity index (χ1) is 11.6. The molecular weight excluding hydrogens is 298 g/mol. The summed E-state index contributed by atoms with van der Waals surface area (Å²) in [5.74, 6) is 0.0706. The molecule has 1 heterocycles. The van der Waals surface area contributed by atoms with Crippen LogP contribution in [0.2, 0.25) is 0 Å². The fourth-order valence-electron chi connectivity index (χ4n) is 2.52. The van der Waals surface area contributed by atoms with Crippen LogP contribution < -0.4 is 0 Å². The zero-order chi connectivity index (χ0) is 16.9. The minimum atomic E-state index is 0.000877. The van der Waals surface area contributed by atoms with Gasteiger partial charge in [0.05, 0.1) is 5.52 Å². The maximum atomic E-state index is 12.4. The van der Waals surface area contributed by atoms with E-state index in [0.29, 0.717) is 12.0 Å². The highest BCUT2D eigenvalue weighted by atomic mass is 16.1. The minimum Gasteiger partial charge on any atom is -0.295 e. The van der Waals surface area contributed by atoms with Crippen molar-refractivity contribution < 1.29 is 9.59 Å². The number of fused-ring (bicyclic) bond motifs is 1. The zero-order valence-corrected chi connectivity index (χ0v) is 13.4. The first-order valence-corrected chi connectivity index (χ1v) is 7.77. The summed E-state index contributed by atoms with van der Waals surface area (Å²) >= 11 is 0. The Balaban J connectivity index is 1.74. The largest absolute Gasteiger partial charge is 0.295 e. The Morgan fingerprint density at radius 1 is 1.04 bits per heavy atom. The SMILES string of the molecule is CC(=O)/C=C/c1ccc(C(=O)Cc2ccc3ncccc3c2)cc1. The average molecular weight is 315 g/mol. The van der Waals surface area contributed by atoms with E-state index in [1.807, 2.05) is 42.5 Å². The first-order valence-electron chi connectivity index (χ1n) is 7.77. The number of carbonyl (C=O) groups excluding carboxylic acids is 2. The van der Waals surface area contributed by atoms with Crippen LogP contribution in [0.3, 0.4) is 0 Å². The third kappa shape index (κ3) is 3.82. The molecule has 0 atom stereocenters. The topological polar surface area (TPSA) is 47.0 Å². The second kappa shape index (κ2) is 7.01. The molecule has 0 spiro atoms. The first kappa shape index (κ1) is 15.8. The van der Waals surface area contributed by atoms with E-state index in [1.165, 1.54) is 13.0 Å². The van der Waals surface area contributed by atoms with Crippen LogP contribution in [0.25, 0.3) is 17.0 Å². The van der Waals surface area contributed by atoms with Gasteiger partial charge in [-0.05, 0) is 42.3 Å². The summed E-state index contributed by atoms with van der Waals surface area (Å²) < 4.78 is 0. The van der Waals surface area contributed by atoms with Gasteiger partial charge in [-0.3, -0.25) is 14.6 Å². The van der Waals surface area contributed by atoms with Crippen LogP contribution in [0, 0.1) is 0 Å². The summed E-state index contributed by atoms with van der Waals surface area (Å²) in [6.45, 7) is 1.51. The number of aromatic nitrogens is 1. The van der Waals surface area contributed by atoms with Gasteiger partial charge in [0, 0.05) is 23.6 Å². The Hall–Kier alpha value is -3.07. The number of allylic oxidation sites excluding steroid dienone is 1. The lowest BCUT2D eigenvalue weighted by Gasteiger charge is -2.04. The molecule has 0 aliphatic heterocycles. The summed E-state index contributed by atoms with van der Waals surface area (Å²) in [5, 5.41) is 1.03. The summed E-state index contributed by atoms with van der Waals surface area (Å²) in [7, 11) is 0. The van der Waals surface area contributed by atoms with E-state index < -0.39 is 0 Å². The van der Waals surface area contributed by atoms with E-state index in [9.17, 15) is 9.59 Å². The summed E-state index contributed by atoms with van der Waals surface area (Å²) in [6, 6.07) is 17.0. The predicted molar refractivity (Wildman–Crippen MR) is 95.9 cm³/mol. The van der Waals surface area contributed by atoms with Gasteiger partial charge in [-0.1, -0.05) is 42.5 Å². The van der Waals surface area contributed by atoms with Gasteiger partial charge < -0.3 is 0 Å². The number of Topliss-reactive ketones (excluding diaryl/α,β-unsaturated/α-hetero) is 1. The van der Waals surface area contributed by atoms with Gasteiger partial charge >= 0.3 is 0 Å². The summed E-state index contributed by atoms with van der Waals surface area (Å²) in [5.41, 5.74) is 3.47. The van der Waals surface area contributed by atoms with Crippen LogP contribution in [0.4, 0.5) is 0 Å². The lowest BCUT2D eigenvalue weighted by atomic mass is 10.0. The average Bonchev–Trinajstić information content (AvgIpc) is 2.60. The Labute approximate surface area is 140 Å². The lowest BCUT2D eigenvalue weighted by Crippen LogP contribution is -2.03. The van der Waals surface area contributed by atoms with Crippen molar-refractivity contribution >= 4 is 28.5 Å². The molecule has 0 bridgehead atoms. The van der Waals surface area contributed by atoms with Gasteiger partial charge in [-0.15, -0.1) is 0 Å². The van der Waals surface area contributed by atoms with Crippen LogP contribution in [0.15, 0.2) is 66.9 Å². The van der Waals surface area contributed by atoms with Crippen LogP contribution in [0.5, 0.6) is 0 Å². The number of hydrogen-bond acceptors (Lipinski definition) is 3. The Bertz CT molecular complexity index is 924. The second-order valence-corrected chi connectivity index (χ2v) is 5.70. The molecule has 2 aromatic carbocycles. The fraction of sp³-hybridized carbons (Fsp3) is 0.0952. The van der Waals surface area contributed by atoms with Gasteiger partial charge in [0.15, 0.2) is 11.6 Å². The number of benzene rings is 2. The lowest BCUT2D eigenvalue weighted by molar-refractivity contribution is -0.112. The van der Waals surface area contributed by atoms with Crippen LogP contribution in [-0.4, -0.2) is 16.6 Å². The molecule has 0 radical (unpaired) electrons.